The van der Waals surface area contributed by atoms with Crippen molar-refractivity contribution in [3.63, 3.8) is 0 Å². The van der Waals surface area contributed by atoms with E-state index in [1.54, 1.807) is 0 Å². The van der Waals surface area contributed by atoms with Gasteiger partial charge < -0.3 is 9.88 Å². The van der Waals surface area contributed by atoms with E-state index in [0.29, 0.717) is 0 Å². The van der Waals surface area contributed by atoms with Gasteiger partial charge in [0.05, 0.1) is 17.6 Å². The summed E-state index contributed by atoms with van der Waals surface area (Å²) in [5.41, 5.74) is 1.25. The van der Waals surface area contributed by atoms with Gasteiger partial charge >= 0.3 is 0 Å². The molecule has 0 aromatic carbocycles. The van der Waals surface area contributed by atoms with Crippen molar-refractivity contribution in [2.45, 2.75) is 52.6 Å². The first-order valence-electron chi connectivity index (χ1n) is 6.24. The lowest BCUT2D eigenvalue weighted by Gasteiger charge is -2.26. The lowest BCUT2D eigenvalue weighted by Crippen LogP contribution is -2.35. The van der Waals surface area contributed by atoms with E-state index in [1.165, 1.54) is 18.5 Å². The molecule has 0 unspecified atom stereocenters. The molecule has 1 aromatic heterocycles. The normalized spacial score (nSPS) is 12.4. The molecule has 0 saturated heterocycles. The van der Waals surface area contributed by atoms with Crippen LogP contribution >= 0.6 is 0 Å². The maximum atomic E-state index is 4.28. The Hall–Kier alpha value is -0.830. The minimum atomic E-state index is -0.0114. The number of nitrogens with zero attached hydrogens (tertiary/aromatic N) is 2. The van der Waals surface area contributed by atoms with E-state index in [9.17, 15) is 0 Å². The van der Waals surface area contributed by atoms with Crippen LogP contribution in [0.1, 0.15) is 46.2 Å². The molecule has 0 atom stereocenters. The van der Waals surface area contributed by atoms with E-state index in [0.717, 1.165) is 12.5 Å². The smallest absolute Gasteiger partial charge is 0.0948 e. The van der Waals surface area contributed by atoms with Crippen molar-refractivity contribution in [3.8, 4) is 0 Å². The fraction of sp³-hybridized carbons (Fsp3) is 0.769. The summed E-state index contributed by atoms with van der Waals surface area (Å²) in [7, 11) is 1.99. The van der Waals surface area contributed by atoms with Gasteiger partial charge in [0, 0.05) is 12.7 Å². The highest BCUT2D eigenvalue weighted by Gasteiger charge is 2.22. The summed E-state index contributed by atoms with van der Waals surface area (Å²) in [6.07, 6.45) is 6.38. The van der Waals surface area contributed by atoms with Crippen LogP contribution in [0, 0.1) is 5.92 Å². The lowest BCUT2D eigenvalue weighted by atomic mass is 9.99. The van der Waals surface area contributed by atoms with Crippen LogP contribution < -0.4 is 5.32 Å². The van der Waals surface area contributed by atoms with Gasteiger partial charge in [0.2, 0.25) is 0 Å². The number of hydrogen-bond acceptors (Lipinski definition) is 2. The fourth-order valence-corrected chi connectivity index (χ4v) is 1.94. The quantitative estimate of drug-likeness (QED) is 0.803. The van der Waals surface area contributed by atoms with Crippen LogP contribution in [0.15, 0.2) is 12.5 Å². The van der Waals surface area contributed by atoms with Gasteiger partial charge in [-0.25, -0.2) is 4.98 Å². The Morgan fingerprint density at radius 3 is 2.50 bits per heavy atom. The zero-order chi connectivity index (χ0) is 12.2. The number of imidazole rings is 1. The summed E-state index contributed by atoms with van der Waals surface area (Å²) in [6, 6.07) is 0. The maximum Gasteiger partial charge on any atom is 0.0948 e. The predicted molar refractivity (Wildman–Crippen MR) is 68.4 cm³/mol. The van der Waals surface area contributed by atoms with Crippen molar-refractivity contribution in [2.75, 3.05) is 7.05 Å². The van der Waals surface area contributed by atoms with Gasteiger partial charge in [0.15, 0.2) is 0 Å². The Bertz CT molecular complexity index is 311. The molecule has 3 nitrogen and oxygen atoms in total. The van der Waals surface area contributed by atoms with Crippen molar-refractivity contribution in [2.24, 2.45) is 5.92 Å². The predicted octanol–water partition coefficient (Wildman–Crippen LogP) is 2.77. The Morgan fingerprint density at radius 2 is 2.00 bits per heavy atom. The van der Waals surface area contributed by atoms with Gasteiger partial charge in [0.1, 0.15) is 0 Å². The van der Waals surface area contributed by atoms with Crippen molar-refractivity contribution < 1.29 is 0 Å². The molecule has 0 bridgehead atoms. The summed E-state index contributed by atoms with van der Waals surface area (Å²) in [5.74, 6) is 0.751. The van der Waals surface area contributed by atoms with Crippen molar-refractivity contribution in [3.05, 3.63) is 18.2 Å². The van der Waals surface area contributed by atoms with Crippen molar-refractivity contribution in [1.29, 1.82) is 0 Å². The average molecular weight is 223 g/mol. The van der Waals surface area contributed by atoms with E-state index in [2.05, 4.69) is 42.6 Å². The summed E-state index contributed by atoms with van der Waals surface area (Å²) in [4.78, 5) is 4.28. The Morgan fingerprint density at radius 1 is 1.38 bits per heavy atom. The highest BCUT2D eigenvalue weighted by atomic mass is 15.1. The number of aromatic nitrogens is 2. The van der Waals surface area contributed by atoms with Crippen LogP contribution in [0.25, 0.3) is 0 Å². The van der Waals surface area contributed by atoms with Crippen molar-refractivity contribution in [1.82, 2.24) is 14.9 Å². The second-order valence-electron chi connectivity index (χ2n) is 4.99. The summed E-state index contributed by atoms with van der Waals surface area (Å²) >= 11 is 0. The van der Waals surface area contributed by atoms with Crippen LogP contribution in [-0.4, -0.2) is 16.6 Å². The second kappa shape index (κ2) is 5.48. The SMILES string of the molecule is CCC(CC)Cn1cncc1C(C)(C)NC. The number of rotatable bonds is 6. The summed E-state index contributed by atoms with van der Waals surface area (Å²) in [6.45, 7) is 9.97. The largest absolute Gasteiger partial charge is 0.333 e. The van der Waals surface area contributed by atoms with Crippen LogP contribution in [-0.2, 0) is 12.1 Å². The molecule has 0 aliphatic rings. The molecule has 0 saturated carbocycles. The second-order valence-corrected chi connectivity index (χ2v) is 4.99. The molecular formula is C13H25N3. The van der Waals surface area contributed by atoms with E-state index in [4.69, 9.17) is 0 Å². The highest BCUT2D eigenvalue weighted by Crippen LogP contribution is 2.21. The first kappa shape index (κ1) is 13.2. The average Bonchev–Trinajstić information content (AvgIpc) is 2.74. The molecular weight excluding hydrogens is 198 g/mol. The highest BCUT2D eigenvalue weighted by molar-refractivity contribution is 5.10. The lowest BCUT2D eigenvalue weighted by molar-refractivity contribution is 0.365. The molecule has 1 heterocycles. The molecule has 3 heteroatoms. The van der Waals surface area contributed by atoms with Gasteiger partial charge in [-0.3, -0.25) is 0 Å². The summed E-state index contributed by atoms with van der Waals surface area (Å²) < 4.78 is 2.29. The van der Waals surface area contributed by atoms with Gasteiger partial charge in [0.25, 0.3) is 0 Å². The molecule has 16 heavy (non-hydrogen) atoms. The van der Waals surface area contributed by atoms with E-state index >= 15 is 0 Å². The van der Waals surface area contributed by atoms with E-state index in [-0.39, 0.29) is 5.54 Å². The van der Waals surface area contributed by atoms with E-state index < -0.39 is 0 Å². The molecule has 92 valence electrons. The first-order chi connectivity index (χ1) is 7.55. The molecule has 0 radical (unpaired) electrons. The third-order valence-corrected chi connectivity index (χ3v) is 3.59. The fourth-order valence-electron chi connectivity index (χ4n) is 1.94. The van der Waals surface area contributed by atoms with Gasteiger partial charge in [-0.15, -0.1) is 0 Å². The molecule has 0 aliphatic heterocycles. The number of nitrogens with one attached hydrogen (secondary N) is 1. The van der Waals surface area contributed by atoms with Gasteiger partial charge in [-0.2, -0.15) is 0 Å². The Labute approximate surface area is 99.3 Å². The van der Waals surface area contributed by atoms with Crippen molar-refractivity contribution >= 4 is 0 Å². The topological polar surface area (TPSA) is 29.9 Å². The zero-order valence-corrected chi connectivity index (χ0v) is 11.2. The zero-order valence-electron chi connectivity index (χ0n) is 11.2. The van der Waals surface area contributed by atoms with Gasteiger partial charge in [-0.05, 0) is 26.8 Å². The van der Waals surface area contributed by atoms with Crippen LogP contribution in [0.2, 0.25) is 0 Å². The monoisotopic (exact) mass is 223 g/mol. The Balaban J connectivity index is 2.86. The third kappa shape index (κ3) is 2.85. The molecule has 1 rings (SSSR count). The third-order valence-electron chi connectivity index (χ3n) is 3.59. The molecule has 1 N–H and O–H groups in total. The first-order valence-corrected chi connectivity index (χ1v) is 6.24. The maximum absolute atomic E-state index is 4.28. The Kier molecular flexibility index (Phi) is 4.54. The minimum Gasteiger partial charge on any atom is -0.333 e. The number of hydrogen-bond donors (Lipinski definition) is 1. The molecule has 0 amide bonds. The summed E-state index contributed by atoms with van der Waals surface area (Å²) in [5, 5.41) is 3.33. The molecule has 0 aliphatic carbocycles. The van der Waals surface area contributed by atoms with Crippen LogP contribution in [0.4, 0.5) is 0 Å². The van der Waals surface area contributed by atoms with Crippen LogP contribution in [0.3, 0.4) is 0 Å². The molecule has 0 spiro atoms. The minimum absolute atomic E-state index is 0.0114. The van der Waals surface area contributed by atoms with Crippen LogP contribution in [0.5, 0.6) is 0 Å². The standard InChI is InChI=1S/C13H25N3/c1-6-11(7-2)9-16-10-15-8-12(16)13(3,4)14-5/h8,10-11,14H,6-7,9H2,1-5H3. The molecule has 1 aromatic rings. The molecule has 0 fully saturated rings. The van der Waals surface area contributed by atoms with Gasteiger partial charge in [-0.1, -0.05) is 26.7 Å². The van der Waals surface area contributed by atoms with E-state index in [1.807, 2.05) is 19.6 Å².